The molecule has 2 aromatic rings. The van der Waals surface area contributed by atoms with Gasteiger partial charge in [0.15, 0.2) is 0 Å². The minimum absolute atomic E-state index is 0.0269. The normalized spacial score (nSPS) is 16.9. The summed E-state index contributed by atoms with van der Waals surface area (Å²) in [5.74, 6) is -0.679. The number of hydrogen-bond acceptors (Lipinski definition) is 3. The molecule has 0 bridgehead atoms. The highest BCUT2D eigenvalue weighted by molar-refractivity contribution is 6.30. The van der Waals surface area contributed by atoms with Crippen LogP contribution in [0.1, 0.15) is 52.0 Å². The highest BCUT2D eigenvalue weighted by Gasteiger charge is 2.34. The first-order valence-corrected chi connectivity index (χ1v) is 11.4. The van der Waals surface area contributed by atoms with E-state index in [9.17, 15) is 9.59 Å². The third-order valence-corrected chi connectivity index (χ3v) is 6.03. The molecule has 0 radical (unpaired) electrons. The van der Waals surface area contributed by atoms with Crippen LogP contribution in [-0.2, 0) is 14.3 Å². The van der Waals surface area contributed by atoms with Crippen LogP contribution in [0.5, 0.6) is 0 Å². The standard InChI is InChI=1S/C27H28ClNO3/c1-17(26(31)32-27(2,3)4)19-11-14-24(23(15-19)18-9-12-21(28)13-10-18)29-16-20-7-5-6-8-22(20)25(29)30/h7-15,17H,5-6,16H2,1-4H3. The Bertz CT molecular complexity index is 1120. The zero-order chi connectivity index (χ0) is 23.0. The lowest BCUT2D eigenvalue weighted by atomic mass is 9.94. The topological polar surface area (TPSA) is 46.6 Å². The number of fused-ring (bicyclic) bond motifs is 1. The Morgan fingerprint density at radius 3 is 2.41 bits per heavy atom. The molecule has 4 rings (SSSR count). The van der Waals surface area contributed by atoms with Gasteiger partial charge in [0.2, 0.25) is 0 Å². The predicted molar refractivity (Wildman–Crippen MR) is 129 cm³/mol. The Balaban J connectivity index is 1.76. The Morgan fingerprint density at radius 2 is 1.75 bits per heavy atom. The maximum atomic E-state index is 13.2. The van der Waals surface area contributed by atoms with Gasteiger partial charge in [0.1, 0.15) is 5.60 Å². The smallest absolute Gasteiger partial charge is 0.313 e. The molecule has 166 valence electrons. The highest BCUT2D eigenvalue weighted by atomic mass is 35.5. The minimum Gasteiger partial charge on any atom is -0.460 e. The van der Waals surface area contributed by atoms with Crippen molar-refractivity contribution in [2.75, 3.05) is 11.4 Å². The molecule has 5 heteroatoms. The van der Waals surface area contributed by atoms with Crippen LogP contribution >= 0.6 is 11.6 Å². The second-order valence-electron chi connectivity index (χ2n) is 9.35. The molecule has 32 heavy (non-hydrogen) atoms. The number of halogens is 1. The summed E-state index contributed by atoms with van der Waals surface area (Å²) in [6.07, 6.45) is 6.07. The van der Waals surface area contributed by atoms with Crippen LogP contribution in [0.25, 0.3) is 11.1 Å². The summed E-state index contributed by atoms with van der Waals surface area (Å²) in [6.45, 7) is 8.00. The van der Waals surface area contributed by atoms with Gasteiger partial charge in [0.05, 0.1) is 18.2 Å². The second-order valence-corrected chi connectivity index (χ2v) is 9.79. The Labute approximate surface area is 194 Å². The Kier molecular flexibility index (Phi) is 6.00. The number of amides is 1. The molecular formula is C27H28ClNO3. The number of ether oxygens (including phenoxy) is 1. The van der Waals surface area contributed by atoms with Gasteiger partial charge < -0.3 is 9.64 Å². The van der Waals surface area contributed by atoms with Crippen molar-refractivity contribution in [1.29, 1.82) is 0 Å². The van der Waals surface area contributed by atoms with Crippen molar-refractivity contribution in [3.63, 3.8) is 0 Å². The van der Waals surface area contributed by atoms with E-state index in [1.807, 2.05) is 81.1 Å². The van der Waals surface area contributed by atoms with Crippen molar-refractivity contribution < 1.29 is 14.3 Å². The van der Waals surface area contributed by atoms with Gasteiger partial charge in [-0.1, -0.05) is 42.0 Å². The van der Waals surface area contributed by atoms with Crippen molar-refractivity contribution in [3.8, 4) is 11.1 Å². The quantitative estimate of drug-likeness (QED) is 0.504. The summed E-state index contributed by atoms with van der Waals surface area (Å²) >= 11 is 6.12. The number of rotatable bonds is 4. The van der Waals surface area contributed by atoms with Crippen molar-refractivity contribution in [2.45, 2.75) is 52.1 Å². The number of benzene rings is 2. The summed E-state index contributed by atoms with van der Waals surface area (Å²) in [5.41, 5.74) is 4.85. The lowest BCUT2D eigenvalue weighted by Gasteiger charge is -2.24. The first-order chi connectivity index (χ1) is 15.1. The van der Waals surface area contributed by atoms with Crippen LogP contribution in [-0.4, -0.2) is 24.0 Å². The second kappa shape index (κ2) is 8.59. The fourth-order valence-corrected chi connectivity index (χ4v) is 4.25. The van der Waals surface area contributed by atoms with E-state index in [0.717, 1.165) is 46.4 Å². The van der Waals surface area contributed by atoms with Crippen LogP contribution in [0.15, 0.2) is 65.8 Å². The molecular weight excluding hydrogens is 422 g/mol. The zero-order valence-corrected chi connectivity index (χ0v) is 19.7. The molecule has 1 saturated heterocycles. The Hall–Kier alpha value is -2.85. The molecule has 0 N–H and O–H groups in total. The van der Waals surface area contributed by atoms with Gasteiger partial charge in [-0.3, -0.25) is 9.59 Å². The summed E-state index contributed by atoms with van der Waals surface area (Å²) in [5, 5.41) is 0.646. The third kappa shape index (κ3) is 4.51. The molecule has 1 aliphatic carbocycles. The van der Waals surface area contributed by atoms with Crippen molar-refractivity contribution in [2.24, 2.45) is 0 Å². The maximum Gasteiger partial charge on any atom is 0.313 e. The van der Waals surface area contributed by atoms with Crippen LogP contribution in [0.2, 0.25) is 5.02 Å². The van der Waals surface area contributed by atoms with Crippen LogP contribution in [0.3, 0.4) is 0 Å². The molecule has 1 atom stereocenters. The van der Waals surface area contributed by atoms with Crippen molar-refractivity contribution >= 4 is 29.2 Å². The average Bonchev–Trinajstić information content (AvgIpc) is 3.09. The van der Waals surface area contributed by atoms with Gasteiger partial charge in [-0.2, -0.15) is 0 Å². The molecule has 2 aliphatic rings. The summed E-state index contributed by atoms with van der Waals surface area (Å²) < 4.78 is 5.59. The molecule has 0 spiro atoms. The van der Waals surface area contributed by atoms with Crippen LogP contribution < -0.4 is 4.90 Å². The van der Waals surface area contributed by atoms with Gasteiger partial charge >= 0.3 is 5.97 Å². The lowest BCUT2D eigenvalue weighted by molar-refractivity contribution is -0.156. The number of anilines is 1. The molecule has 1 fully saturated rings. The number of carbonyl (C=O) groups is 2. The monoisotopic (exact) mass is 449 g/mol. The predicted octanol–water partition coefficient (Wildman–Crippen LogP) is 6.45. The van der Waals surface area contributed by atoms with Gasteiger partial charge in [-0.25, -0.2) is 0 Å². The van der Waals surface area contributed by atoms with E-state index in [1.54, 1.807) is 0 Å². The number of esters is 1. The molecule has 1 unspecified atom stereocenters. The van der Waals surface area contributed by atoms with E-state index in [0.29, 0.717) is 11.6 Å². The SMILES string of the molecule is CC(C(=O)OC(C)(C)C)c1ccc(N2CC3=CCCC=C3C2=O)c(-c2ccc(Cl)cc2)c1. The fourth-order valence-electron chi connectivity index (χ4n) is 4.13. The lowest BCUT2D eigenvalue weighted by Crippen LogP contribution is -2.27. The summed E-state index contributed by atoms with van der Waals surface area (Å²) in [4.78, 5) is 27.7. The van der Waals surface area contributed by atoms with E-state index in [4.69, 9.17) is 16.3 Å². The number of allylic oxidation sites excluding steroid dienone is 2. The van der Waals surface area contributed by atoms with Crippen LogP contribution in [0, 0.1) is 0 Å². The number of hydrogen-bond donors (Lipinski definition) is 0. The van der Waals surface area contributed by atoms with Gasteiger partial charge in [-0.05, 0) is 81.5 Å². The fraction of sp³-hybridized carbons (Fsp3) is 0.333. The van der Waals surface area contributed by atoms with E-state index in [1.165, 1.54) is 0 Å². The molecule has 1 amide bonds. The average molecular weight is 450 g/mol. The molecule has 2 aromatic carbocycles. The summed E-state index contributed by atoms with van der Waals surface area (Å²) in [7, 11) is 0. The maximum absolute atomic E-state index is 13.2. The van der Waals surface area contributed by atoms with Crippen molar-refractivity contribution in [1.82, 2.24) is 0 Å². The molecule has 4 nitrogen and oxygen atoms in total. The first-order valence-electron chi connectivity index (χ1n) is 11.0. The van der Waals surface area contributed by atoms with Gasteiger partial charge in [-0.15, -0.1) is 0 Å². The van der Waals surface area contributed by atoms with Gasteiger partial charge in [0.25, 0.3) is 5.91 Å². The highest BCUT2D eigenvalue weighted by Crippen LogP contribution is 2.39. The largest absolute Gasteiger partial charge is 0.460 e. The number of nitrogens with zero attached hydrogens (tertiary/aromatic N) is 1. The van der Waals surface area contributed by atoms with Crippen LogP contribution in [0.4, 0.5) is 5.69 Å². The minimum atomic E-state index is -0.552. The Morgan fingerprint density at radius 1 is 1.06 bits per heavy atom. The molecule has 1 heterocycles. The molecule has 0 saturated carbocycles. The first kappa shape index (κ1) is 22.3. The van der Waals surface area contributed by atoms with E-state index >= 15 is 0 Å². The van der Waals surface area contributed by atoms with E-state index < -0.39 is 11.5 Å². The van der Waals surface area contributed by atoms with Gasteiger partial charge in [0, 0.05) is 16.2 Å². The van der Waals surface area contributed by atoms with E-state index in [-0.39, 0.29) is 11.9 Å². The third-order valence-electron chi connectivity index (χ3n) is 5.78. The molecule has 0 aromatic heterocycles. The molecule has 1 aliphatic heterocycles. The number of carbonyl (C=O) groups excluding carboxylic acids is 2. The van der Waals surface area contributed by atoms with E-state index in [2.05, 4.69) is 6.08 Å². The van der Waals surface area contributed by atoms with Crippen molar-refractivity contribution in [3.05, 3.63) is 76.3 Å². The zero-order valence-electron chi connectivity index (χ0n) is 18.9. The summed E-state index contributed by atoms with van der Waals surface area (Å²) in [6, 6.07) is 13.4.